The second-order valence-corrected chi connectivity index (χ2v) is 6.16. The molecule has 0 aromatic heterocycles. The molecule has 5 heteroatoms. The van der Waals surface area contributed by atoms with Crippen molar-refractivity contribution in [3.8, 4) is 0 Å². The van der Waals surface area contributed by atoms with Gasteiger partial charge in [0, 0.05) is 24.2 Å². The second kappa shape index (κ2) is 9.59. The minimum atomic E-state index is -0.151. The van der Waals surface area contributed by atoms with Crippen molar-refractivity contribution in [3.63, 3.8) is 0 Å². The maximum Gasteiger partial charge on any atom is 0.251 e. The predicted molar refractivity (Wildman–Crippen MR) is 99.6 cm³/mol. The summed E-state index contributed by atoms with van der Waals surface area (Å²) in [5.74, 6) is -0.267. The van der Waals surface area contributed by atoms with Gasteiger partial charge < -0.3 is 15.5 Å². The molecule has 0 heterocycles. The number of amides is 2. The summed E-state index contributed by atoms with van der Waals surface area (Å²) in [6.07, 6.45) is 0.902. The Morgan fingerprint density at radius 1 is 0.840 bits per heavy atom. The predicted octanol–water partition coefficient (Wildman–Crippen LogP) is 2.30. The van der Waals surface area contributed by atoms with Gasteiger partial charge in [0.15, 0.2) is 0 Å². The second-order valence-electron chi connectivity index (χ2n) is 6.16. The van der Waals surface area contributed by atoms with E-state index in [4.69, 9.17) is 0 Å². The zero-order valence-corrected chi connectivity index (χ0v) is 14.8. The number of hydrogen-bond donors (Lipinski definition) is 2. The lowest BCUT2D eigenvalue weighted by molar-refractivity contribution is 0.0939. The average molecular weight is 339 g/mol. The van der Waals surface area contributed by atoms with Crippen LogP contribution < -0.4 is 10.6 Å². The summed E-state index contributed by atoms with van der Waals surface area (Å²) in [6, 6.07) is 16.5. The molecule has 0 saturated carbocycles. The van der Waals surface area contributed by atoms with Crippen molar-refractivity contribution in [2.45, 2.75) is 13.0 Å². The quantitative estimate of drug-likeness (QED) is 0.726. The van der Waals surface area contributed by atoms with Gasteiger partial charge in [-0.2, -0.15) is 0 Å². The molecule has 0 spiro atoms. The number of benzene rings is 2. The van der Waals surface area contributed by atoms with Gasteiger partial charge in [-0.25, -0.2) is 0 Å². The highest BCUT2D eigenvalue weighted by Gasteiger charge is 2.08. The Bertz CT molecular complexity index is 682. The normalized spacial score (nSPS) is 10.5. The highest BCUT2D eigenvalue weighted by molar-refractivity contribution is 5.97. The van der Waals surface area contributed by atoms with Crippen LogP contribution in [-0.2, 0) is 6.54 Å². The van der Waals surface area contributed by atoms with Crippen LogP contribution >= 0.6 is 0 Å². The number of carbonyl (C=O) groups is 2. The van der Waals surface area contributed by atoms with Crippen LogP contribution in [0, 0.1) is 0 Å². The average Bonchev–Trinajstić information content (AvgIpc) is 2.64. The van der Waals surface area contributed by atoms with Crippen LogP contribution in [0.2, 0.25) is 0 Å². The summed E-state index contributed by atoms with van der Waals surface area (Å²) in [5, 5.41) is 5.76. The van der Waals surface area contributed by atoms with E-state index in [1.165, 1.54) is 0 Å². The van der Waals surface area contributed by atoms with Crippen LogP contribution in [0.4, 0.5) is 0 Å². The molecular weight excluding hydrogens is 314 g/mol. The van der Waals surface area contributed by atoms with E-state index < -0.39 is 0 Å². The molecular formula is C20H25N3O2. The van der Waals surface area contributed by atoms with Gasteiger partial charge in [-0.05, 0) is 56.9 Å². The Morgan fingerprint density at radius 2 is 1.40 bits per heavy atom. The molecule has 2 aromatic rings. The zero-order chi connectivity index (χ0) is 18.1. The standard InChI is InChI=1S/C20H25N3O2/c1-23(2)14-6-13-21-19(24)17-9-11-18(12-10-17)20(25)22-15-16-7-4-3-5-8-16/h3-5,7-12H,6,13-15H2,1-2H3,(H,21,24)(H,22,25). The van der Waals surface area contributed by atoms with Crippen LogP contribution in [0.15, 0.2) is 54.6 Å². The lowest BCUT2D eigenvalue weighted by Crippen LogP contribution is -2.27. The Morgan fingerprint density at radius 3 is 1.96 bits per heavy atom. The molecule has 5 nitrogen and oxygen atoms in total. The Kier molecular flexibility index (Phi) is 7.16. The van der Waals surface area contributed by atoms with Gasteiger partial charge in [0.05, 0.1) is 0 Å². The highest BCUT2D eigenvalue weighted by atomic mass is 16.2. The minimum absolute atomic E-state index is 0.116. The van der Waals surface area contributed by atoms with E-state index in [1.54, 1.807) is 24.3 Å². The monoisotopic (exact) mass is 339 g/mol. The van der Waals surface area contributed by atoms with Gasteiger partial charge in [0.2, 0.25) is 0 Å². The van der Waals surface area contributed by atoms with Gasteiger partial charge in [-0.15, -0.1) is 0 Å². The van der Waals surface area contributed by atoms with E-state index in [0.29, 0.717) is 24.2 Å². The number of carbonyl (C=O) groups excluding carboxylic acids is 2. The smallest absolute Gasteiger partial charge is 0.251 e. The van der Waals surface area contributed by atoms with E-state index in [2.05, 4.69) is 15.5 Å². The molecule has 0 unspecified atom stereocenters. The van der Waals surface area contributed by atoms with E-state index in [1.807, 2.05) is 44.4 Å². The molecule has 2 rings (SSSR count). The summed E-state index contributed by atoms with van der Waals surface area (Å²) >= 11 is 0. The lowest BCUT2D eigenvalue weighted by atomic mass is 10.1. The van der Waals surface area contributed by atoms with Gasteiger partial charge in [-0.1, -0.05) is 30.3 Å². The molecule has 2 N–H and O–H groups in total. The topological polar surface area (TPSA) is 61.4 Å². The van der Waals surface area contributed by atoms with Gasteiger partial charge >= 0.3 is 0 Å². The minimum Gasteiger partial charge on any atom is -0.352 e. The van der Waals surface area contributed by atoms with Gasteiger partial charge in [0.25, 0.3) is 11.8 Å². The number of rotatable bonds is 8. The Balaban J connectivity index is 1.82. The third kappa shape index (κ3) is 6.39. The van der Waals surface area contributed by atoms with Crippen molar-refractivity contribution in [2.75, 3.05) is 27.2 Å². The van der Waals surface area contributed by atoms with Crippen LogP contribution in [0.3, 0.4) is 0 Å². The van der Waals surface area contributed by atoms with Crippen molar-refractivity contribution in [2.24, 2.45) is 0 Å². The van der Waals surface area contributed by atoms with Crippen LogP contribution in [-0.4, -0.2) is 43.9 Å². The third-order valence-electron chi connectivity index (χ3n) is 3.77. The van der Waals surface area contributed by atoms with Gasteiger partial charge in [0.1, 0.15) is 0 Å². The molecule has 0 aliphatic heterocycles. The van der Waals surface area contributed by atoms with E-state index >= 15 is 0 Å². The fourth-order valence-corrected chi connectivity index (χ4v) is 2.35. The van der Waals surface area contributed by atoms with Crippen molar-refractivity contribution in [1.29, 1.82) is 0 Å². The van der Waals surface area contributed by atoms with Crippen LogP contribution in [0.1, 0.15) is 32.7 Å². The van der Waals surface area contributed by atoms with Crippen molar-refractivity contribution < 1.29 is 9.59 Å². The van der Waals surface area contributed by atoms with E-state index in [9.17, 15) is 9.59 Å². The molecule has 0 radical (unpaired) electrons. The zero-order valence-electron chi connectivity index (χ0n) is 14.8. The largest absolute Gasteiger partial charge is 0.352 e. The third-order valence-corrected chi connectivity index (χ3v) is 3.77. The number of nitrogens with one attached hydrogen (secondary N) is 2. The first-order valence-electron chi connectivity index (χ1n) is 8.41. The Hall–Kier alpha value is -2.66. The lowest BCUT2D eigenvalue weighted by Gasteiger charge is -2.10. The van der Waals surface area contributed by atoms with Gasteiger partial charge in [-0.3, -0.25) is 9.59 Å². The van der Waals surface area contributed by atoms with Crippen LogP contribution in [0.5, 0.6) is 0 Å². The number of hydrogen-bond acceptors (Lipinski definition) is 3. The summed E-state index contributed by atoms with van der Waals surface area (Å²) in [7, 11) is 4.01. The molecule has 0 fully saturated rings. The SMILES string of the molecule is CN(C)CCCNC(=O)c1ccc(C(=O)NCc2ccccc2)cc1. The maximum atomic E-state index is 12.2. The van der Waals surface area contributed by atoms with Crippen molar-refractivity contribution in [3.05, 3.63) is 71.3 Å². The summed E-state index contributed by atoms with van der Waals surface area (Å²) in [5.41, 5.74) is 2.15. The first-order chi connectivity index (χ1) is 12.1. The molecule has 2 aromatic carbocycles. The fourth-order valence-electron chi connectivity index (χ4n) is 2.35. The Labute approximate surface area is 149 Å². The molecule has 0 bridgehead atoms. The highest BCUT2D eigenvalue weighted by Crippen LogP contribution is 2.06. The summed E-state index contributed by atoms with van der Waals surface area (Å²) in [4.78, 5) is 26.3. The molecule has 0 atom stereocenters. The first kappa shape index (κ1) is 18.7. The van der Waals surface area contributed by atoms with Crippen molar-refractivity contribution in [1.82, 2.24) is 15.5 Å². The molecule has 0 aliphatic carbocycles. The molecule has 2 amide bonds. The van der Waals surface area contributed by atoms with Crippen LogP contribution in [0.25, 0.3) is 0 Å². The molecule has 0 saturated heterocycles. The van der Waals surface area contributed by atoms with E-state index in [0.717, 1.165) is 18.5 Å². The summed E-state index contributed by atoms with van der Waals surface area (Å²) in [6.45, 7) is 2.05. The fraction of sp³-hybridized carbons (Fsp3) is 0.300. The molecule has 0 aliphatic rings. The molecule has 25 heavy (non-hydrogen) atoms. The first-order valence-corrected chi connectivity index (χ1v) is 8.41. The maximum absolute atomic E-state index is 12.2. The molecule has 132 valence electrons. The number of nitrogens with zero attached hydrogens (tertiary/aromatic N) is 1. The summed E-state index contributed by atoms with van der Waals surface area (Å²) < 4.78 is 0. The van der Waals surface area contributed by atoms with E-state index in [-0.39, 0.29) is 11.8 Å². The van der Waals surface area contributed by atoms with Crippen molar-refractivity contribution >= 4 is 11.8 Å².